The maximum atomic E-state index is 11.8. The molecule has 0 aliphatic carbocycles. The van der Waals surface area contributed by atoms with Crippen molar-refractivity contribution in [3.8, 4) is 0 Å². The van der Waals surface area contributed by atoms with E-state index in [-0.39, 0.29) is 28.7 Å². The van der Waals surface area contributed by atoms with Crippen LogP contribution in [0.15, 0.2) is 29.4 Å². The maximum absolute atomic E-state index is 11.8. The van der Waals surface area contributed by atoms with Gasteiger partial charge in [0.2, 0.25) is 0 Å². The second-order valence-corrected chi connectivity index (χ2v) is 7.09. The number of aliphatic imine (C=N–C) groups is 1. The summed E-state index contributed by atoms with van der Waals surface area (Å²) < 4.78 is 11.6. The highest BCUT2D eigenvalue weighted by molar-refractivity contribution is 14.0. The first-order valence-corrected chi connectivity index (χ1v) is 7.08. The molecule has 0 saturated heterocycles. The largest absolute Gasteiger partial charge is 0.370 e. The molecule has 0 spiro atoms. The van der Waals surface area contributed by atoms with E-state index < -0.39 is 10.8 Å². The van der Waals surface area contributed by atoms with Crippen molar-refractivity contribution in [2.75, 3.05) is 17.6 Å². The van der Waals surface area contributed by atoms with Crippen LogP contribution in [-0.4, -0.2) is 32.2 Å². The molecule has 1 rings (SSSR count). The van der Waals surface area contributed by atoms with Gasteiger partial charge in [0.1, 0.15) is 5.82 Å². The fourth-order valence-corrected chi connectivity index (χ4v) is 2.03. The predicted molar refractivity (Wildman–Crippen MR) is 92.5 cm³/mol. The minimum atomic E-state index is -0.906. The lowest BCUT2D eigenvalue weighted by molar-refractivity contribution is 0.648. The normalized spacial score (nSPS) is 13.5. The molecular weight excluding hydrogens is 375 g/mol. The molecular formula is C12H21IN4OS. The monoisotopic (exact) mass is 396 g/mol. The lowest BCUT2D eigenvalue weighted by atomic mass is 10.3. The summed E-state index contributed by atoms with van der Waals surface area (Å²) in [6.45, 7) is 6.28. The summed E-state index contributed by atoms with van der Waals surface area (Å²) in [5, 5.41) is 2.87. The van der Waals surface area contributed by atoms with Crippen molar-refractivity contribution in [2.24, 2.45) is 10.7 Å². The van der Waals surface area contributed by atoms with Crippen LogP contribution in [0.1, 0.15) is 20.8 Å². The second-order valence-electron chi connectivity index (χ2n) is 4.77. The fraction of sp³-hybridized carbons (Fsp3) is 0.500. The molecule has 5 nitrogen and oxygen atoms in total. The molecule has 0 saturated carbocycles. The van der Waals surface area contributed by atoms with Crippen LogP contribution in [0.4, 0.5) is 5.82 Å². The SMILES string of the molecule is CC(C)(C)S(=O)CCN=C(N)Nc1ccccn1.I. The van der Waals surface area contributed by atoms with Crippen LogP contribution in [0.25, 0.3) is 0 Å². The van der Waals surface area contributed by atoms with Crippen LogP contribution >= 0.6 is 24.0 Å². The van der Waals surface area contributed by atoms with Gasteiger partial charge in [-0.3, -0.25) is 9.20 Å². The number of rotatable bonds is 4. The molecule has 1 heterocycles. The Morgan fingerprint density at radius 2 is 2.16 bits per heavy atom. The number of nitrogens with one attached hydrogen (secondary N) is 1. The van der Waals surface area contributed by atoms with Crippen molar-refractivity contribution in [3.05, 3.63) is 24.4 Å². The van der Waals surface area contributed by atoms with Crippen LogP contribution in [0.2, 0.25) is 0 Å². The Morgan fingerprint density at radius 1 is 1.47 bits per heavy atom. The van der Waals surface area contributed by atoms with E-state index in [0.29, 0.717) is 24.1 Å². The highest BCUT2D eigenvalue weighted by Crippen LogP contribution is 2.10. The van der Waals surface area contributed by atoms with Crippen LogP contribution in [0.3, 0.4) is 0 Å². The smallest absolute Gasteiger partial charge is 0.194 e. The van der Waals surface area contributed by atoms with E-state index in [1.165, 1.54) is 0 Å². The Balaban J connectivity index is 0.00000324. The van der Waals surface area contributed by atoms with Crippen molar-refractivity contribution in [1.29, 1.82) is 0 Å². The van der Waals surface area contributed by atoms with Gasteiger partial charge in [0.25, 0.3) is 0 Å². The molecule has 0 amide bonds. The summed E-state index contributed by atoms with van der Waals surface area (Å²) >= 11 is 0. The zero-order chi connectivity index (χ0) is 13.6. The summed E-state index contributed by atoms with van der Waals surface area (Å²) in [5.74, 6) is 1.45. The molecule has 1 unspecified atom stereocenters. The average Bonchev–Trinajstić information content (AvgIpc) is 2.28. The Hall–Kier alpha value is -0.700. The van der Waals surface area contributed by atoms with Crippen LogP contribution in [-0.2, 0) is 10.8 Å². The van der Waals surface area contributed by atoms with E-state index in [0.717, 1.165) is 0 Å². The van der Waals surface area contributed by atoms with Gasteiger partial charge in [0.05, 0.1) is 6.54 Å². The summed E-state index contributed by atoms with van der Waals surface area (Å²) in [4.78, 5) is 8.19. The van der Waals surface area contributed by atoms with Gasteiger partial charge in [-0.2, -0.15) is 0 Å². The van der Waals surface area contributed by atoms with E-state index in [1.54, 1.807) is 12.3 Å². The minimum absolute atomic E-state index is 0. The molecule has 1 aromatic rings. The first-order valence-electron chi connectivity index (χ1n) is 5.76. The third kappa shape index (κ3) is 7.46. The third-order valence-electron chi connectivity index (χ3n) is 2.16. The number of nitrogens with two attached hydrogens (primary N) is 1. The molecule has 1 atom stereocenters. The molecule has 3 N–H and O–H groups in total. The van der Waals surface area contributed by atoms with Gasteiger partial charge in [-0.05, 0) is 32.9 Å². The van der Waals surface area contributed by atoms with Crippen molar-refractivity contribution in [1.82, 2.24) is 4.98 Å². The molecule has 7 heteroatoms. The summed E-state index contributed by atoms with van der Waals surface area (Å²) in [6, 6.07) is 5.48. The van der Waals surface area contributed by atoms with Crippen molar-refractivity contribution >= 4 is 46.6 Å². The Kier molecular flexibility index (Phi) is 8.15. The number of pyridine rings is 1. The van der Waals surface area contributed by atoms with E-state index in [1.807, 2.05) is 32.9 Å². The van der Waals surface area contributed by atoms with E-state index in [2.05, 4.69) is 15.3 Å². The number of guanidine groups is 1. The number of anilines is 1. The Morgan fingerprint density at radius 3 is 2.68 bits per heavy atom. The fourth-order valence-electron chi connectivity index (χ4n) is 1.16. The highest BCUT2D eigenvalue weighted by Gasteiger charge is 2.18. The average molecular weight is 396 g/mol. The van der Waals surface area contributed by atoms with Crippen molar-refractivity contribution in [2.45, 2.75) is 25.5 Å². The molecule has 19 heavy (non-hydrogen) atoms. The van der Waals surface area contributed by atoms with E-state index >= 15 is 0 Å². The molecule has 0 radical (unpaired) electrons. The standard InChI is InChI=1S/C12H20N4OS.HI/c1-12(2,3)18(17)9-8-15-11(13)16-10-6-4-5-7-14-10;/h4-7H,8-9H2,1-3H3,(H3,13,14,15,16);1H. The summed E-state index contributed by atoms with van der Waals surface area (Å²) in [7, 11) is -0.906. The quantitative estimate of drug-likeness (QED) is 0.463. The van der Waals surface area contributed by atoms with Crippen LogP contribution in [0, 0.1) is 0 Å². The highest BCUT2D eigenvalue weighted by atomic mass is 127. The first kappa shape index (κ1) is 18.3. The minimum Gasteiger partial charge on any atom is -0.370 e. The van der Waals surface area contributed by atoms with E-state index in [4.69, 9.17) is 5.73 Å². The van der Waals surface area contributed by atoms with Crippen LogP contribution < -0.4 is 11.1 Å². The molecule has 108 valence electrons. The zero-order valence-corrected chi connectivity index (χ0v) is 14.6. The molecule has 0 bridgehead atoms. The molecule has 0 aromatic carbocycles. The first-order chi connectivity index (χ1) is 8.39. The number of aromatic nitrogens is 1. The van der Waals surface area contributed by atoms with Gasteiger partial charge in [-0.25, -0.2) is 4.98 Å². The maximum Gasteiger partial charge on any atom is 0.194 e. The number of hydrogen-bond acceptors (Lipinski definition) is 3. The lowest BCUT2D eigenvalue weighted by Crippen LogP contribution is -2.27. The van der Waals surface area contributed by atoms with Crippen LogP contribution in [0.5, 0.6) is 0 Å². The topological polar surface area (TPSA) is 80.4 Å². The number of hydrogen-bond donors (Lipinski definition) is 2. The van der Waals surface area contributed by atoms with E-state index in [9.17, 15) is 4.21 Å². The van der Waals surface area contributed by atoms with Crippen molar-refractivity contribution in [3.63, 3.8) is 0 Å². The van der Waals surface area contributed by atoms with Gasteiger partial charge in [-0.15, -0.1) is 24.0 Å². The molecule has 0 fully saturated rings. The van der Waals surface area contributed by atoms with Gasteiger partial charge in [-0.1, -0.05) is 6.07 Å². The molecule has 1 aromatic heterocycles. The molecule has 0 aliphatic rings. The summed E-state index contributed by atoms with van der Waals surface area (Å²) in [6.07, 6.45) is 1.67. The van der Waals surface area contributed by atoms with Gasteiger partial charge >= 0.3 is 0 Å². The lowest BCUT2D eigenvalue weighted by Gasteiger charge is -2.16. The number of nitrogens with zero attached hydrogens (tertiary/aromatic N) is 2. The van der Waals surface area contributed by atoms with Gasteiger partial charge in [0.15, 0.2) is 5.96 Å². The number of halogens is 1. The van der Waals surface area contributed by atoms with Gasteiger partial charge in [0, 0.05) is 27.5 Å². The third-order valence-corrected chi connectivity index (χ3v) is 4.08. The second kappa shape index (κ2) is 8.47. The van der Waals surface area contributed by atoms with Gasteiger partial charge < -0.3 is 11.1 Å². The van der Waals surface area contributed by atoms with Crippen molar-refractivity contribution < 1.29 is 4.21 Å². The zero-order valence-electron chi connectivity index (χ0n) is 11.4. The predicted octanol–water partition coefficient (Wildman–Crippen LogP) is 1.97. The Bertz CT molecular complexity index is 431. The molecule has 0 aliphatic heterocycles. The summed E-state index contributed by atoms with van der Waals surface area (Å²) in [5.41, 5.74) is 5.70. The Labute approximate surface area is 134 Å².